The Morgan fingerprint density at radius 1 is 1.17 bits per heavy atom. The van der Waals surface area contributed by atoms with Crippen LogP contribution in [0, 0.1) is 0 Å². The topological polar surface area (TPSA) is 112 Å². The van der Waals surface area contributed by atoms with E-state index in [1.54, 1.807) is 0 Å². The fourth-order valence-corrected chi connectivity index (χ4v) is 3.41. The monoisotopic (exact) mass is 273 g/mol. The van der Waals surface area contributed by atoms with E-state index in [4.69, 9.17) is 0 Å². The van der Waals surface area contributed by atoms with Crippen LogP contribution >= 0.6 is 0 Å². The molecule has 1 heterocycles. The highest BCUT2D eigenvalue weighted by molar-refractivity contribution is 7.89. The predicted octanol–water partition coefficient (Wildman–Crippen LogP) is -0.326. The molecule has 1 aliphatic rings. The number of sulfonamides is 1. The Bertz CT molecular complexity index is 625. The number of rotatable bonds is 3. The van der Waals surface area contributed by atoms with Gasteiger partial charge in [-0.15, -0.1) is 0 Å². The number of hydrogen-bond acceptors (Lipinski definition) is 4. The van der Waals surface area contributed by atoms with Crippen molar-refractivity contribution in [2.24, 2.45) is 0 Å². The number of aromatic nitrogens is 2. The molecule has 7 nitrogen and oxygen atoms in total. The Labute approximate surface area is 104 Å². The summed E-state index contributed by atoms with van der Waals surface area (Å²) < 4.78 is 26.5. The SMILES string of the molecule is O=c1[nH]cc(S(=O)(=O)NC2CCCCC2)c(=O)[nH]1. The second-order valence-electron chi connectivity index (χ2n) is 4.39. The molecular weight excluding hydrogens is 258 g/mol. The van der Waals surface area contributed by atoms with E-state index in [1.807, 2.05) is 4.98 Å². The molecule has 1 aromatic heterocycles. The summed E-state index contributed by atoms with van der Waals surface area (Å²) in [5, 5.41) is 0. The zero-order chi connectivity index (χ0) is 13.2. The minimum Gasteiger partial charge on any atom is -0.313 e. The van der Waals surface area contributed by atoms with E-state index >= 15 is 0 Å². The number of H-pyrrole nitrogens is 2. The molecule has 1 saturated carbocycles. The average molecular weight is 273 g/mol. The molecule has 2 rings (SSSR count). The van der Waals surface area contributed by atoms with Crippen molar-refractivity contribution in [1.29, 1.82) is 0 Å². The fourth-order valence-electron chi connectivity index (χ4n) is 2.10. The van der Waals surface area contributed by atoms with Crippen LogP contribution < -0.4 is 16.0 Å². The first-order valence-electron chi connectivity index (χ1n) is 5.83. The van der Waals surface area contributed by atoms with Gasteiger partial charge in [0, 0.05) is 12.2 Å². The largest absolute Gasteiger partial charge is 0.325 e. The highest BCUT2D eigenvalue weighted by atomic mass is 32.2. The van der Waals surface area contributed by atoms with Gasteiger partial charge in [-0.25, -0.2) is 17.9 Å². The Hall–Kier alpha value is -1.41. The molecule has 3 N–H and O–H groups in total. The van der Waals surface area contributed by atoms with E-state index in [-0.39, 0.29) is 6.04 Å². The smallest absolute Gasteiger partial charge is 0.313 e. The first-order chi connectivity index (χ1) is 8.49. The fraction of sp³-hybridized carbons (Fsp3) is 0.600. The van der Waals surface area contributed by atoms with Gasteiger partial charge in [0.25, 0.3) is 5.56 Å². The molecule has 0 aromatic carbocycles. The maximum absolute atomic E-state index is 12.0. The van der Waals surface area contributed by atoms with E-state index in [0.717, 1.165) is 38.3 Å². The maximum atomic E-state index is 12.0. The second-order valence-corrected chi connectivity index (χ2v) is 6.07. The lowest BCUT2D eigenvalue weighted by Gasteiger charge is -2.22. The minimum atomic E-state index is -3.87. The van der Waals surface area contributed by atoms with Gasteiger partial charge in [0.1, 0.15) is 0 Å². The summed E-state index contributed by atoms with van der Waals surface area (Å²) >= 11 is 0. The normalized spacial score (nSPS) is 17.8. The van der Waals surface area contributed by atoms with Crippen molar-refractivity contribution in [3.8, 4) is 0 Å². The first-order valence-corrected chi connectivity index (χ1v) is 7.32. The molecule has 0 saturated heterocycles. The minimum absolute atomic E-state index is 0.130. The standard InChI is InChI=1S/C10H15N3O4S/c14-9-8(6-11-10(15)12-9)18(16,17)13-7-4-2-1-3-5-7/h6-7,13H,1-5H2,(H2,11,12,14,15). The van der Waals surface area contributed by atoms with Crippen LogP contribution in [0.4, 0.5) is 0 Å². The van der Waals surface area contributed by atoms with Gasteiger partial charge in [-0.05, 0) is 12.8 Å². The lowest BCUT2D eigenvalue weighted by atomic mass is 9.96. The van der Waals surface area contributed by atoms with E-state index in [0.29, 0.717) is 0 Å². The van der Waals surface area contributed by atoms with E-state index < -0.39 is 26.2 Å². The molecule has 1 fully saturated rings. The average Bonchev–Trinajstić information content (AvgIpc) is 2.29. The summed E-state index contributed by atoms with van der Waals surface area (Å²) in [6.45, 7) is 0. The van der Waals surface area contributed by atoms with Crippen molar-refractivity contribution in [1.82, 2.24) is 14.7 Å². The summed E-state index contributed by atoms with van der Waals surface area (Å²) in [6, 6.07) is -0.130. The molecule has 0 atom stereocenters. The molecule has 0 unspecified atom stereocenters. The lowest BCUT2D eigenvalue weighted by molar-refractivity contribution is 0.412. The van der Waals surface area contributed by atoms with Crippen LogP contribution in [0.5, 0.6) is 0 Å². The van der Waals surface area contributed by atoms with Gasteiger partial charge in [0.05, 0.1) is 0 Å². The van der Waals surface area contributed by atoms with Crippen LogP contribution in [0.1, 0.15) is 32.1 Å². The first kappa shape index (κ1) is 13.0. The van der Waals surface area contributed by atoms with E-state index in [1.165, 1.54) is 0 Å². The molecule has 0 amide bonds. The Kier molecular flexibility index (Phi) is 3.67. The quantitative estimate of drug-likeness (QED) is 0.700. The number of hydrogen-bond donors (Lipinski definition) is 3. The van der Waals surface area contributed by atoms with Crippen LogP contribution in [-0.2, 0) is 10.0 Å². The third-order valence-corrected chi connectivity index (χ3v) is 4.53. The molecule has 100 valence electrons. The molecule has 0 aliphatic heterocycles. The van der Waals surface area contributed by atoms with Crippen LogP contribution in [0.2, 0.25) is 0 Å². The van der Waals surface area contributed by atoms with Crippen LogP contribution in [-0.4, -0.2) is 24.4 Å². The van der Waals surface area contributed by atoms with Crippen molar-refractivity contribution in [3.05, 3.63) is 27.0 Å². The van der Waals surface area contributed by atoms with Gasteiger partial charge in [-0.1, -0.05) is 19.3 Å². The maximum Gasteiger partial charge on any atom is 0.325 e. The van der Waals surface area contributed by atoms with E-state index in [9.17, 15) is 18.0 Å². The lowest BCUT2D eigenvalue weighted by Crippen LogP contribution is -2.39. The van der Waals surface area contributed by atoms with Crippen LogP contribution in [0.15, 0.2) is 20.7 Å². The number of aromatic amines is 2. The Morgan fingerprint density at radius 2 is 1.83 bits per heavy atom. The summed E-state index contributed by atoms with van der Waals surface area (Å²) in [6.07, 6.45) is 5.55. The predicted molar refractivity (Wildman–Crippen MR) is 64.9 cm³/mol. The zero-order valence-electron chi connectivity index (χ0n) is 9.73. The Balaban J connectivity index is 2.24. The second kappa shape index (κ2) is 5.07. The zero-order valence-corrected chi connectivity index (χ0v) is 10.5. The van der Waals surface area contributed by atoms with Crippen molar-refractivity contribution in [2.75, 3.05) is 0 Å². The van der Waals surface area contributed by atoms with Gasteiger partial charge in [0.2, 0.25) is 10.0 Å². The molecule has 1 aliphatic carbocycles. The third-order valence-electron chi connectivity index (χ3n) is 3.00. The van der Waals surface area contributed by atoms with Gasteiger partial charge in [0.15, 0.2) is 4.90 Å². The van der Waals surface area contributed by atoms with E-state index in [2.05, 4.69) is 9.71 Å². The van der Waals surface area contributed by atoms with Crippen molar-refractivity contribution in [2.45, 2.75) is 43.0 Å². The third kappa shape index (κ3) is 2.88. The van der Waals surface area contributed by atoms with Crippen molar-refractivity contribution < 1.29 is 8.42 Å². The van der Waals surface area contributed by atoms with Crippen molar-refractivity contribution in [3.63, 3.8) is 0 Å². The van der Waals surface area contributed by atoms with Crippen molar-refractivity contribution >= 4 is 10.0 Å². The summed E-state index contributed by atoms with van der Waals surface area (Å²) in [4.78, 5) is 25.9. The van der Waals surface area contributed by atoms with Gasteiger partial charge in [-0.2, -0.15) is 0 Å². The number of nitrogens with one attached hydrogen (secondary N) is 3. The molecule has 0 bridgehead atoms. The molecule has 0 spiro atoms. The molecule has 8 heteroatoms. The van der Waals surface area contributed by atoms with Crippen LogP contribution in [0.3, 0.4) is 0 Å². The molecule has 0 radical (unpaired) electrons. The van der Waals surface area contributed by atoms with Crippen LogP contribution in [0.25, 0.3) is 0 Å². The van der Waals surface area contributed by atoms with Gasteiger partial charge >= 0.3 is 5.69 Å². The molecule has 1 aromatic rings. The highest BCUT2D eigenvalue weighted by Crippen LogP contribution is 2.18. The Morgan fingerprint density at radius 3 is 2.44 bits per heavy atom. The highest BCUT2D eigenvalue weighted by Gasteiger charge is 2.24. The van der Waals surface area contributed by atoms with Gasteiger partial charge < -0.3 is 4.98 Å². The molecular formula is C10H15N3O4S. The summed E-state index contributed by atoms with van der Waals surface area (Å²) in [7, 11) is -3.87. The summed E-state index contributed by atoms with van der Waals surface area (Å²) in [5.41, 5.74) is -1.63. The molecule has 18 heavy (non-hydrogen) atoms. The summed E-state index contributed by atoms with van der Waals surface area (Å²) in [5.74, 6) is 0. The van der Waals surface area contributed by atoms with Gasteiger partial charge in [-0.3, -0.25) is 9.78 Å².